The van der Waals surface area contributed by atoms with Gasteiger partial charge in [-0.2, -0.15) is 11.8 Å². The normalized spacial score (nSPS) is 13.0. The molecule has 1 heterocycles. The third kappa shape index (κ3) is 4.70. The predicted octanol–water partition coefficient (Wildman–Crippen LogP) is 4.09. The van der Waals surface area contributed by atoms with Gasteiger partial charge in [0.05, 0.1) is 27.6 Å². The molecule has 0 aliphatic carbocycles. The molecule has 0 radical (unpaired) electrons. The number of rotatable bonds is 8. The number of thioether (sulfide) groups is 1. The molecule has 2 aromatic rings. The molecule has 3 rings (SSSR count). The van der Waals surface area contributed by atoms with E-state index in [0.717, 1.165) is 12.2 Å². The zero-order valence-electron chi connectivity index (χ0n) is 14.6. The molecule has 1 aliphatic heterocycles. The van der Waals surface area contributed by atoms with Crippen LogP contribution in [0.1, 0.15) is 33.6 Å². The van der Waals surface area contributed by atoms with Gasteiger partial charge in [-0.3, -0.25) is 19.3 Å². The third-order valence-corrected chi connectivity index (χ3v) is 5.55. The molecule has 0 saturated carbocycles. The predicted molar refractivity (Wildman–Crippen MR) is 108 cm³/mol. The molecule has 7 heteroatoms. The third-order valence-electron chi connectivity index (χ3n) is 4.18. The van der Waals surface area contributed by atoms with Crippen LogP contribution in [0, 0.1) is 0 Å². The maximum absolute atomic E-state index is 12.3. The van der Waals surface area contributed by atoms with Crippen molar-refractivity contribution in [2.45, 2.75) is 12.8 Å². The fourth-order valence-electron chi connectivity index (χ4n) is 2.83. The number of anilines is 1. The maximum Gasteiger partial charge on any atom is 0.261 e. The van der Waals surface area contributed by atoms with Gasteiger partial charge in [0.2, 0.25) is 5.91 Å². The van der Waals surface area contributed by atoms with Gasteiger partial charge in [0.1, 0.15) is 0 Å². The summed E-state index contributed by atoms with van der Waals surface area (Å²) in [7, 11) is 0. The lowest BCUT2D eigenvalue weighted by atomic mass is 10.1. The van der Waals surface area contributed by atoms with Gasteiger partial charge in [-0.05, 0) is 42.9 Å². The van der Waals surface area contributed by atoms with Crippen LogP contribution in [-0.2, 0) is 4.79 Å². The summed E-state index contributed by atoms with van der Waals surface area (Å²) in [5.74, 6) is 0.565. The number of fused-ring (bicyclic) bond motifs is 1. The minimum absolute atomic E-state index is 0.103. The van der Waals surface area contributed by atoms with Crippen LogP contribution in [0.5, 0.6) is 0 Å². The highest BCUT2D eigenvalue weighted by atomic mass is 35.5. The summed E-state index contributed by atoms with van der Waals surface area (Å²) >= 11 is 7.52. The van der Waals surface area contributed by atoms with Crippen molar-refractivity contribution in [3.05, 3.63) is 64.7 Å². The number of imide groups is 1. The highest BCUT2D eigenvalue weighted by molar-refractivity contribution is 7.99. The van der Waals surface area contributed by atoms with Crippen LogP contribution in [0.4, 0.5) is 5.69 Å². The first-order chi connectivity index (χ1) is 13.1. The van der Waals surface area contributed by atoms with Crippen LogP contribution in [0.2, 0.25) is 5.02 Å². The van der Waals surface area contributed by atoms with Crippen molar-refractivity contribution in [1.29, 1.82) is 0 Å². The van der Waals surface area contributed by atoms with Gasteiger partial charge in [-0.15, -0.1) is 0 Å². The summed E-state index contributed by atoms with van der Waals surface area (Å²) < 4.78 is 0. The lowest BCUT2D eigenvalue weighted by molar-refractivity contribution is -0.113. The summed E-state index contributed by atoms with van der Waals surface area (Å²) in [5, 5.41) is 3.29. The minimum Gasteiger partial charge on any atom is -0.324 e. The Hall–Kier alpha value is -2.31. The quantitative estimate of drug-likeness (QED) is 0.533. The van der Waals surface area contributed by atoms with E-state index in [-0.39, 0.29) is 17.7 Å². The summed E-state index contributed by atoms with van der Waals surface area (Å²) in [6.45, 7) is 0.402. The number of hydrogen-bond donors (Lipinski definition) is 1. The van der Waals surface area contributed by atoms with Crippen LogP contribution < -0.4 is 5.32 Å². The van der Waals surface area contributed by atoms with E-state index >= 15 is 0 Å². The van der Waals surface area contributed by atoms with E-state index in [1.54, 1.807) is 42.5 Å². The second-order valence-corrected chi connectivity index (χ2v) is 7.61. The number of halogens is 1. The Morgan fingerprint density at radius 2 is 1.59 bits per heavy atom. The number of carbonyl (C=O) groups excluding carboxylic acids is 3. The van der Waals surface area contributed by atoms with E-state index in [4.69, 9.17) is 11.6 Å². The molecule has 0 spiro atoms. The van der Waals surface area contributed by atoms with E-state index in [9.17, 15) is 14.4 Å². The fraction of sp³-hybridized carbons (Fsp3) is 0.250. The van der Waals surface area contributed by atoms with Crippen molar-refractivity contribution < 1.29 is 14.4 Å². The molecule has 0 aromatic heterocycles. The summed E-state index contributed by atoms with van der Waals surface area (Å²) in [4.78, 5) is 37.7. The molecule has 1 aliphatic rings. The SMILES string of the molecule is O=C(CSCCCCN1C(=O)c2ccccc2C1=O)Nc1ccccc1Cl. The molecule has 0 bridgehead atoms. The zero-order chi connectivity index (χ0) is 19.2. The van der Waals surface area contributed by atoms with Gasteiger partial charge < -0.3 is 5.32 Å². The molecule has 0 saturated heterocycles. The Bertz CT molecular complexity index is 837. The topological polar surface area (TPSA) is 66.5 Å². The molecule has 5 nitrogen and oxygen atoms in total. The molecule has 2 aromatic carbocycles. The summed E-state index contributed by atoms with van der Waals surface area (Å²) in [6, 6.07) is 14.0. The average molecular weight is 403 g/mol. The van der Waals surface area contributed by atoms with Gasteiger partial charge in [0, 0.05) is 6.54 Å². The van der Waals surface area contributed by atoms with E-state index in [0.29, 0.717) is 40.6 Å². The lowest BCUT2D eigenvalue weighted by Gasteiger charge is -2.13. The van der Waals surface area contributed by atoms with E-state index in [1.165, 1.54) is 16.7 Å². The number of hydrogen-bond acceptors (Lipinski definition) is 4. The number of nitrogens with zero attached hydrogens (tertiary/aromatic N) is 1. The Balaban J connectivity index is 1.35. The van der Waals surface area contributed by atoms with E-state index in [1.807, 2.05) is 6.07 Å². The first-order valence-electron chi connectivity index (χ1n) is 8.65. The number of amides is 3. The minimum atomic E-state index is -0.220. The van der Waals surface area contributed by atoms with Crippen molar-refractivity contribution >= 4 is 46.8 Å². The van der Waals surface area contributed by atoms with Gasteiger partial charge in [-0.1, -0.05) is 35.9 Å². The lowest BCUT2D eigenvalue weighted by Crippen LogP contribution is -2.30. The zero-order valence-corrected chi connectivity index (χ0v) is 16.2. The molecular weight excluding hydrogens is 384 g/mol. The van der Waals surface area contributed by atoms with Crippen molar-refractivity contribution in [2.24, 2.45) is 0 Å². The second-order valence-electron chi connectivity index (χ2n) is 6.10. The fourth-order valence-corrected chi connectivity index (χ4v) is 3.82. The first kappa shape index (κ1) is 19.5. The van der Waals surface area contributed by atoms with Crippen molar-refractivity contribution in [3.8, 4) is 0 Å². The monoisotopic (exact) mass is 402 g/mol. The van der Waals surface area contributed by atoms with Crippen molar-refractivity contribution in [3.63, 3.8) is 0 Å². The molecule has 0 atom stereocenters. The average Bonchev–Trinajstić information content (AvgIpc) is 2.91. The van der Waals surface area contributed by atoms with Gasteiger partial charge in [0.15, 0.2) is 0 Å². The Labute approximate surface area is 167 Å². The van der Waals surface area contributed by atoms with Crippen LogP contribution in [-0.4, -0.2) is 40.7 Å². The Morgan fingerprint density at radius 1 is 0.963 bits per heavy atom. The van der Waals surface area contributed by atoms with Crippen molar-refractivity contribution in [2.75, 3.05) is 23.4 Å². The standard InChI is InChI=1S/C20H19ClN2O3S/c21-16-9-3-4-10-17(16)22-18(24)13-27-12-6-5-11-23-19(25)14-7-1-2-8-15(14)20(23)26/h1-4,7-10H,5-6,11-13H2,(H,22,24). The van der Waals surface area contributed by atoms with Gasteiger partial charge in [0.25, 0.3) is 11.8 Å². The highest BCUT2D eigenvalue weighted by Gasteiger charge is 2.34. The maximum atomic E-state index is 12.3. The van der Waals surface area contributed by atoms with Gasteiger partial charge >= 0.3 is 0 Å². The summed E-state index contributed by atoms with van der Waals surface area (Å²) in [6.07, 6.45) is 1.53. The second kappa shape index (κ2) is 9.06. The number of carbonyl (C=O) groups is 3. The molecular formula is C20H19ClN2O3S. The smallest absolute Gasteiger partial charge is 0.261 e. The van der Waals surface area contributed by atoms with Gasteiger partial charge in [-0.25, -0.2) is 0 Å². The Kier molecular flexibility index (Phi) is 6.53. The summed E-state index contributed by atoms with van der Waals surface area (Å²) in [5.41, 5.74) is 1.57. The number of benzene rings is 2. The van der Waals surface area contributed by atoms with E-state index < -0.39 is 0 Å². The highest BCUT2D eigenvalue weighted by Crippen LogP contribution is 2.23. The number of nitrogens with one attached hydrogen (secondary N) is 1. The molecule has 3 amide bonds. The molecule has 27 heavy (non-hydrogen) atoms. The molecule has 0 unspecified atom stereocenters. The van der Waals surface area contributed by atoms with Crippen LogP contribution in [0.15, 0.2) is 48.5 Å². The number of unbranched alkanes of at least 4 members (excludes halogenated alkanes) is 1. The molecule has 0 fully saturated rings. The Morgan fingerprint density at radius 3 is 2.26 bits per heavy atom. The van der Waals surface area contributed by atoms with Crippen LogP contribution >= 0.6 is 23.4 Å². The van der Waals surface area contributed by atoms with Crippen LogP contribution in [0.25, 0.3) is 0 Å². The number of para-hydroxylation sites is 1. The molecule has 140 valence electrons. The van der Waals surface area contributed by atoms with E-state index in [2.05, 4.69) is 5.32 Å². The van der Waals surface area contributed by atoms with Crippen molar-refractivity contribution in [1.82, 2.24) is 4.90 Å². The largest absolute Gasteiger partial charge is 0.324 e. The molecule has 1 N–H and O–H groups in total. The first-order valence-corrected chi connectivity index (χ1v) is 10.2. The van der Waals surface area contributed by atoms with Crippen LogP contribution in [0.3, 0.4) is 0 Å².